The van der Waals surface area contributed by atoms with Crippen LogP contribution in [0.3, 0.4) is 0 Å². The van der Waals surface area contributed by atoms with Gasteiger partial charge in [-0.3, -0.25) is 4.79 Å². The molecule has 0 unspecified atom stereocenters. The minimum absolute atomic E-state index is 0.0608. The van der Waals surface area contributed by atoms with Gasteiger partial charge in [-0.1, -0.05) is 25.2 Å². The fraction of sp³-hybridized carbons (Fsp3) is 0.700. The van der Waals surface area contributed by atoms with Crippen LogP contribution in [0.25, 0.3) is 0 Å². The molecule has 6 nitrogen and oxygen atoms in total. The fourth-order valence-electron chi connectivity index (χ4n) is 1.73. The quantitative estimate of drug-likeness (QED) is 0.898. The molecule has 1 aromatic heterocycles. The summed E-state index contributed by atoms with van der Waals surface area (Å²) in [4.78, 5) is 11.8. The minimum atomic E-state index is -3.03. The average molecular weight is 289 g/mol. The third kappa shape index (κ3) is 3.05. The molecule has 1 aliphatic heterocycles. The monoisotopic (exact) mass is 289 g/mol. The standard InChI is InChI=1S/C10H15N3O3S2/c1-6(2)9-12-13-10(17-9)11-8(14)7-3-4-18(15,16)5-7/h6-7H,3-5H2,1-2H3,(H,11,13,14)/t7-/m1/s1. The van der Waals surface area contributed by atoms with Gasteiger partial charge in [-0.25, -0.2) is 8.42 Å². The lowest BCUT2D eigenvalue weighted by molar-refractivity contribution is -0.119. The number of sulfone groups is 1. The maximum atomic E-state index is 11.8. The van der Waals surface area contributed by atoms with Crippen LogP contribution in [0.15, 0.2) is 0 Å². The van der Waals surface area contributed by atoms with Gasteiger partial charge in [0.05, 0.1) is 17.4 Å². The van der Waals surface area contributed by atoms with Crippen molar-refractivity contribution >= 4 is 32.2 Å². The van der Waals surface area contributed by atoms with Gasteiger partial charge < -0.3 is 5.32 Å². The molecule has 0 radical (unpaired) electrons. The lowest BCUT2D eigenvalue weighted by Gasteiger charge is -2.05. The molecule has 0 aliphatic carbocycles. The first-order valence-electron chi connectivity index (χ1n) is 5.72. The van der Waals surface area contributed by atoms with E-state index in [1.54, 1.807) is 0 Å². The molecule has 1 atom stereocenters. The Morgan fingerprint density at radius 2 is 2.17 bits per heavy atom. The first kappa shape index (κ1) is 13.4. The molecule has 0 aromatic carbocycles. The number of aromatic nitrogens is 2. The van der Waals surface area contributed by atoms with E-state index >= 15 is 0 Å². The van der Waals surface area contributed by atoms with Gasteiger partial charge in [0.25, 0.3) is 0 Å². The Hall–Kier alpha value is -1.02. The van der Waals surface area contributed by atoms with Crippen LogP contribution >= 0.6 is 11.3 Å². The normalized spacial score (nSPS) is 22.3. The van der Waals surface area contributed by atoms with Crippen LogP contribution in [0.5, 0.6) is 0 Å². The highest BCUT2D eigenvalue weighted by Crippen LogP contribution is 2.24. The van der Waals surface area contributed by atoms with Gasteiger partial charge in [0.15, 0.2) is 9.84 Å². The summed E-state index contributed by atoms with van der Waals surface area (Å²) in [6, 6.07) is 0. The number of carbonyl (C=O) groups is 1. The van der Waals surface area contributed by atoms with Crippen LogP contribution in [0.1, 0.15) is 31.2 Å². The van der Waals surface area contributed by atoms with Crippen LogP contribution in [-0.4, -0.2) is 36.0 Å². The van der Waals surface area contributed by atoms with Crippen molar-refractivity contribution in [3.63, 3.8) is 0 Å². The zero-order chi connectivity index (χ0) is 13.3. The number of hydrogen-bond acceptors (Lipinski definition) is 6. The van der Waals surface area contributed by atoms with E-state index in [0.717, 1.165) is 5.01 Å². The summed E-state index contributed by atoms with van der Waals surface area (Å²) in [5.74, 6) is -0.434. The Balaban J connectivity index is 1.99. The predicted octanol–water partition coefficient (Wildman–Crippen LogP) is 1.03. The second-order valence-corrected chi connectivity index (χ2v) is 7.93. The smallest absolute Gasteiger partial charge is 0.230 e. The maximum Gasteiger partial charge on any atom is 0.230 e. The van der Waals surface area contributed by atoms with Crippen molar-refractivity contribution in [3.8, 4) is 0 Å². The number of rotatable bonds is 3. The second-order valence-electron chi connectivity index (χ2n) is 4.69. The van der Waals surface area contributed by atoms with E-state index in [-0.39, 0.29) is 23.3 Å². The van der Waals surface area contributed by atoms with Gasteiger partial charge in [-0.05, 0) is 6.42 Å². The molecule has 0 bridgehead atoms. The summed E-state index contributed by atoms with van der Waals surface area (Å²) < 4.78 is 22.6. The van der Waals surface area contributed by atoms with Crippen LogP contribution in [-0.2, 0) is 14.6 Å². The number of amides is 1. The van der Waals surface area contributed by atoms with Gasteiger partial charge in [0.1, 0.15) is 5.01 Å². The summed E-state index contributed by atoms with van der Waals surface area (Å²) in [5, 5.41) is 11.8. The number of nitrogens with one attached hydrogen (secondary N) is 1. The van der Waals surface area contributed by atoms with Crippen molar-refractivity contribution in [2.24, 2.45) is 5.92 Å². The zero-order valence-electron chi connectivity index (χ0n) is 10.2. The first-order chi connectivity index (χ1) is 8.37. The molecular weight excluding hydrogens is 274 g/mol. The second kappa shape index (κ2) is 4.93. The fourth-order valence-corrected chi connectivity index (χ4v) is 4.22. The molecule has 100 valence electrons. The average Bonchev–Trinajstić information content (AvgIpc) is 2.84. The van der Waals surface area contributed by atoms with Crippen LogP contribution in [0, 0.1) is 5.92 Å². The number of nitrogens with zero attached hydrogens (tertiary/aromatic N) is 2. The molecule has 0 saturated carbocycles. The predicted molar refractivity (Wildman–Crippen MR) is 69.4 cm³/mol. The summed E-state index contributed by atoms with van der Waals surface area (Å²) in [5.41, 5.74) is 0. The summed E-state index contributed by atoms with van der Waals surface area (Å²) >= 11 is 1.32. The molecule has 0 spiro atoms. The van der Waals surface area contributed by atoms with Crippen molar-refractivity contribution in [3.05, 3.63) is 5.01 Å². The molecule has 2 rings (SSSR count). The van der Waals surface area contributed by atoms with E-state index in [0.29, 0.717) is 11.6 Å². The highest BCUT2D eigenvalue weighted by Gasteiger charge is 2.33. The van der Waals surface area contributed by atoms with E-state index in [1.165, 1.54) is 11.3 Å². The van der Waals surface area contributed by atoms with E-state index in [1.807, 2.05) is 13.8 Å². The molecule has 1 amide bonds. The van der Waals surface area contributed by atoms with Crippen molar-refractivity contribution < 1.29 is 13.2 Å². The van der Waals surface area contributed by atoms with Crippen LogP contribution < -0.4 is 5.32 Å². The van der Waals surface area contributed by atoms with E-state index in [4.69, 9.17) is 0 Å². The SMILES string of the molecule is CC(C)c1nnc(NC(=O)[C@@H]2CCS(=O)(=O)C2)s1. The Morgan fingerprint density at radius 3 is 2.67 bits per heavy atom. The Morgan fingerprint density at radius 1 is 1.44 bits per heavy atom. The van der Waals surface area contributed by atoms with E-state index < -0.39 is 15.8 Å². The van der Waals surface area contributed by atoms with Crippen molar-refractivity contribution in [1.82, 2.24) is 10.2 Å². The first-order valence-corrected chi connectivity index (χ1v) is 8.36. The summed E-state index contributed by atoms with van der Waals surface area (Å²) in [7, 11) is -3.03. The molecular formula is C10H15N3O3S2. The van der Waals surface area contributed by atoms with Gasteiger partial charge in [-0.2, -0.15) is 0 Å². The van der Waals surface area contributed by atoms with Crippen LogP contribution in [0.4, 0.5) is 5.13 Å². The number of carbonyl (C=O) groups excluding carboxylic acids is 1. The molecule has 1 saturated heterocycles. The van der Waals surface area contributed by atoms with E-state index in [2.05, 4.69) is 15.5 Å². The van der Waals surface area contributed by atoms with Gasteiger partial charge in [0.2, 0.25) is 11.0 Å². The number of hydrogen-bond donors (Lipinski definition) is 1. The van der Waals surface area contributed by atoms with E-state index in [9.17, 15) is 13.2 Å². The Kier molecular flexibility index (Phi) is 3.67. The summed E-state index contributed by atoms with van der Waals surface area (Å²) in [6.45, 7) is 3.99. The maximum absolute atomic E-state index is 11.8. The lowest BCUT2D eigenvalue weighted by Crippen LogP contribution is -2.23. The van der Waals surface area contributed by atoms with Crippen molar-refractivity contribution in [2.75, 3.05) is 16.8 Å². The van der Waals surface area contributed by atoms with Crippen LogP contribution in [0.2, 0.25) is 0 Å². The lowest BCUT2D eigenvalue weighted by atomic mass is 10.1. The molecule has 1 aromatic rings. The topological polar surface area (TPSA) is 89.0 Å². The Bertz CT molecular complexity index is 550. The molecule has 1 N–H and O–H groups in total. The van der Waals surface area contributed by atoms with Crippen molar-refractivity contribution in [2.45, 2.75) is 26.2 Å². The third-order valence-electron chi connectivity index (χ3n) is 2.77. The molecule has 18 heavy (non-hydrogen) atoms. The van der Waals surface area contributed by atoms with Gasteiger partial charge >= 0.3 is 0 Å². The molecule has 8 heteroatoms. The zero-order valence-corrected chi connectivity index (χ0v) is 11.8. The highest BCUT2D eigenvalue weighted by atomic mass is 32.2. The van der Waals surface area contributed by atoms with Crippen molar-refractivity contribution in [1.29, 1.82) is 0 Å². The van der Waals surface area contributed by atoms with Gasteiger partial charge in [-0.15, -0.1) is 10.2 Å². The minimum Gasteiger partial charge on any atom is -0.300 e. The molecule has 1 fully saturated rings. The largest absolute Gasteiger partial charge is 0.300 e. The van der Waals surface area contributed by atoms with Gasteiger partial charge in [0, 0.05) is 5.92 Å². The Labute approximate surface area is 110 Å². The highest BCUT2D eigenvalue weighted by molar-refractivity contribution is 7.91. The molecule has 2 heterocycles. The summed E-state index contributed by atoms with van der Waals surface area (Å²) in [6.07, 6.45) is 0.393. The third-order valence-corrected chi connectivity index (χ3v) is 5.68. The molecule has 1 aliphatic rings. The number of anilines is 1.